The smallest absolute Gasteiger partial charge is 0.248 e. The number of rotatable bonds is 4. The Hall–Kier alpha value is -1.62. The maximum atomic E-state index is 11.7. The Bertz CT molecular complexity index is 655. The van der Waals surface area contributed by atoms with Crippen LogP contribution >= 0.6 is 11.3 Å². The zero-order valence-electron chi connectivity index (χ0n) is 11.5. The predicted molar refractivity (Wildman–Crippen MR) is 77.5 cm³/mol. The summed E-state index contributed by atoms with van der Waals surface area (Å²) < 4.78 is 8.52. The van der Waals surface area contributed by atoms with Crippen molar-refractivity contribution in [3.8, 4) is 5.75 Å². The summed E-state index contributed by atoms with van der Waals surface area (Å²) in [6, 6.07) is 5.91. The molecule has 1 heterocycles. The average Bonchev–Trinajstić information content (AvgIpc) is 2.75. The van der Waals surface area contributed by atoms with Crippen LogP contribution in [0.25, 0.3) is 10.2 Å². The number of carbonyl (C=O) groups excluding carboxylic acids is 1. The zero-order chi connectivity index (χ0) is 13.8. The molecular weight excluding hydrogens is 260 g/mol. The number of amides is 1. The number of methoxy groups -OCH3 is 1. The summed E-state index contributed by atoms with van der Waals surface area (Å²) in [5, 5.41) is 0. The standard InChI is InChI=1S/C14H18N2O2S/c1-4-7-12(17)15-14-16(5-2)13-10(18-3)8-6-9-11(13)19-14/h6,8-9H,4-5,7H2,1-3H3. The third-order valence-corrected chi connectivity index (χ3v) is 3.93. The van der Waals surface area contributed by atoms with Gasteiger partial charge in [-0.1, -0.05) is 24.3 Å². The van der Waals surface area contributed by atoms with Crippen LogP contribution in [0.3, 0.4) is 0 Å². The van der Waals surface area contributed by atoms with Gasteiger partial charge in [0.1, 0.15) is 11.3 Å². The topological polar surface area (TPSA) is 43.6 Å². The van der Waals surface area contributed by atoms with Crippen LogP contribution in [0, 0.1) is 0 Å². The second kappa shape index (κ2) is 6.02. The van der Waals surface area contributed by atoms with E-state index in [9.17, 15) is 4.79 Å². The van der Waals surface area contributed by atoms with Crippen molar-refractivity contribution < 1.29 is 9.53 Å². The van der Waals surface area contributed by atoms with Crippen LogP contribution in [0.15, 0.2) is 23.2 Å². The van der Waals surface area contributed by atoms with Crippen molar-refractivity contribution in [2.45, 2.75) is 33.2 Å². The lowest BCUT2D eigenvalue weighted by molar-refractivity contribution is -0.118. The molecule has 0 N–H and O–H groups in total. The Balaban J connectivity index is 2.66. The highest BCUT2D eigenvalue weighted by Crippen LogP contribution is 2.27. The van der Waals surface area contributed by atoms with Crippen molar-refractivity contribution >= 4 is 27.5 Å². The van der Waals surface area contributed by atoms with Crippen molar-refractivity contribution in [3.63, 3.8) is 0 Å². The summed E-state index contributed by atoms with van der Waals surface area (Å²) in [5.41, 5.74) is 1.01. The fraction of sp³-hybridized carbons (Fsp3) is 0.429. The minimum atomic E-state index is -0.0600. The first-order valence-electron chi connectivity index (χ1n) is 6.45. The molecule has 0 fully saturated rings. The van der Waals surface area contributed by atoms with Crippen LogP contribution in [-0.2, 0) is 11.3 Å². The quantitative estimate of drug-likeness (QED) is 0.863. The summed E-state index contributed by atoms with van der Waals surface area (Å²) in [6.45, 7) is 4.79. The molecule has 4 nitrogen and oxygen atoms in total. The first-order chi connectivity index (χ1) is 9.21. The maximum absolute atomic E-state index is 11.7. The SMILES string of the molecule is CCCC(=O)N=c1sc2cccc(OC)c2n1CC. The van der Waals surface area contributed by atoms with Crippen LogP contribution in [-0.4, -0.2) is 17.6 Å². The summed E-state index contributed by atoms with van der Waals surface area (Å²) in [6.07, 6.45) is 1.32. The highest BCUT2D eigenvalue weighted by Gasteiger charge is 2.10. The molecule has 2 aromatic rings. The highest BCUT2D eigenvalue weighted by molar-refractivity contribution is 7.16. The second-order valence-corrected chi connectivity index (χ2v) is 5.20. The van der Waals surface area contributed by atoms with Gasteiger partial charge in [0.05, 0.1) is 11.8 Å². The van der Waals surface area contributed by atoms with E-state index in [2.05, 4.69) is 4.99 Å². The van der Waals surface area contributed by atoms with E-state index >= 15 is 0 Å². The predicted octanol–water partition coefficient (Wildman–Crippen LogP) is 2.96. The minimum Gasteiger partial charge on any atom is -0.495 e. The van der Waals surface area contributed by atoms with E-state index in [0.717, 1.165) is 33.7 Å². The monoisotopic (exact) mass is 278 g/mol. The molecule has 0 saturated carbocycles. The Morgan fingerprint density at radius 3 is 2.84 bits per heavy atom. The lowest BCUT2D eigenvalue weighted by atomic mass is 10.3. The lowest BCUT2D eigenvalue weighted by Gasteiger charge is -2.05. The molecule has 1 aromatic heterocycles. The molecule has 19 heavy (non-hydrogen) atoms. The first-order valence-corrected chi connectivity index (χ1v) is 7.26. The molecule has 0 saturated heterocycles. The van der Waals surface area contributed by atoms with Gasteiger partial charge in [-0.2, -0.15) is 4.99 Å². The van der Waals surface area contributed by atoms with E-state index in [1.54, 1.807) is 7.11 Å². The summed E-state index contributed by atoms with van der Waals surface area (Å²) in [7, 11) is 1.66. The van der Waals surface area contributed by atoms with Gasteiger partial charge in [-0.05, 0) is 25.5 Å². The van der Waals surface area contributed by atoms with Gasteiger partial charge in [0.2, 0.25) is 5.91 Å². The summed E-state index contributed by atoms with van der Waals surface area (Å²) in [5.74, 6) is 0.759. The van der Waals surface area contributed by atoms with Gasteiger partial charge in [0, 0.05) is 13.0 Å². The third-order valence-electron chi connectivity index (χ3n) is 2.88. The molecule has 0 bridgehead atoms. The van der Waals surface area contributed by atoms with Crippen molar-refractivity contribution in [2.24, 2.45) is 4.99 Å². The molecule has 0 aliphatic carbocycles. The number of fused-ring (bicyclic) bond motifs is 1. The molecule has 0 spiro atoms. The van der Waals surface area contributed by atoms with Crippen molar-refractivity contribution in [3.05, 3.63) is 23.0 Å². The van der Waals surface area contributed by atoms with Crippen LogP contribution < -0.4 is 9.54 Å². The van der Waals surface area contributed by atoms with E-state index in [1.165, 1.54) is 11.3 Å². The number of carbonyl (C=O) groups is 1. The molecule has 0 radical (unpaired) electrons. The van der Waals surface area contributed by atoms with Gasteiger partial charge < -0.3 is 9.30 Å². The van der Waals surface area contributed by atoms with E-state index in [0.29, 0.717) is 6.42 Å². The van der Waals surface area contributed by atoms with Crippen molar-refractivity contribution in [1.29, 1.82) is 0 Å². The fourth-order valence-corrected chi connectivity index (χ4v) is 3.15. The Kier molecular flexibility index (Phi) is 4.37. The van der Waals surface area contributed by atoms with Gasteiger partial charge in [0.15, 0.2) is 4.80 Å². The molecule has 0 unspecified atom stereocenters. The van der Waals surface area contributed by atoms with Crippen LogP contribution in [0.1, 0.15) is 26.7 Å². The average molecular weight is 278 g/mol. The van der Waals surface area contributed by atoms with Gasteiger partial charge >= 0.3 is 0 Å². The first kappa shape index (κ1) is 13.8. The van der Waals surface area contributed by atoms with Gasteiger partial charge in [-0.3, -0.25) is 4.79 Å². The second-order valence-electron chi connectivity index (χ2n) is 4.19. The van der Waals surface area contributed by atoms with E-state index < -0.39 is 0 Å². The Labute approximate surface area is 116 Å². The van der Waals surface area contributed by atoms with Crippen LogP contribution in [0.4, 0.5) is 0 Å². The van der Waals surface area contributed by atoms with Crippen molar-refractivity contribution in [2.75, 3.05) is 7.11 Å². The number of thiazole rings is 1. The molecule has 102 valence electrons. The van der Waals surface area contributed by atoms with E-state index in [-0.39, 0.29) is 5.91 Å². The number of nitrogens with zero attached hydrogens (tertiary/aromatic N) is 2. The third kappa shape index (κ3) is 2.71. The highest BCUT2D eigenvalue weighted by atomic mass is 32.1. The Morgan fingerprint density at radius 2 is 2.21 bits per heavy atom. The number of ether oxygens (including phenoxy) is 1. The van der Waals surface area contributed by atoms with Crippen LogP contribution in [0.2, 0.25) is 0 Å². The molecular formula is C14H18N2O2S. The van der Waals surface area contributed by atoms with Crippen LogP contribution in [0.5, 0.6) is 5.75 Å². The molecule has 1 aromatic carbocycles. The Morgan fingerprint density at radius 1 is 1.42 bits per heavy atom. The molecule has 1 amide bonds. The largest absolute Gasteiger partial charge is 0.495 e. The molecule has 0 aliphatic rings. The molecule has 0 atom stereocenters. The molecule has 2 rings (SSSR count). The number of hydrogen-bond acceptors (Lipinski definition) is 3. The molecule has 5 heteroatoms. The zero-order valence-corrected chi connectivity index (χ0v) is 12.3. The minimum absolute atomic E-state index is 0.0600. The molecule has 0 aliphatic heterocycles. The van der Waals surface area contributed by atoms with Gasteiger partial charge in [-0.25, -0.2) is 0 Å². The van der Waals surface area contributed by atoms with Gasteiger partial charge in [-0.15, -0.1) is 0 Å². The normalized spacial score (nSPS) is 12.1. The number of aromatic nitrogens is 1. The fourth-order valence-electron chi connectivity index (χ4n) is 2.02. The van der Waals surface area contributed by atoms with Crippen molar-refractivity contribution in [1.82, 2.24) is 4.57 Å². The number of hydrogen-bond donors (Lipinski definition) is 0. The summed E-state index contributed by atoms with van der Waals surface area (Å²) >= 11 is 1.53. The van der Waals surface area contributed by atoms with E-state index in [4.69, 9.17) is 4.74 Å². The number of para-hydroxylation sites is 1. The maximum Gasteiger partial charge on any atom is 0.248 e. The lowest BCUT2D eigenvalue weighted by Crippen LogP contribution is -2.16. The number of benzene rings is 1. The number of aryl methyl sites for hydroxylation is 1. The van der Waals surface area contributed by atoms with Gasteiger partial charge in [0.25, 0.3) is 0 Å². The summed E-state index contributed by atoms with van der Waals surface area (Å²) in [4.78, 5) is 16.7. The van der Waals surface area contributed by atoms with E-state index in [1.807, 2.05) is 36.6 Å².